The van der Waals surface area contributed by atoms with E-state index >= 15 is 0 Å². The minimum atomic E-state index is -0.207. The molecule has 7 heteroatoms. The first kappa shape index (κ1) is 16.0. The van der Waals surface area contributed by atoms with Crippen molar-refractivity contribution in [2.75, 3.05) is 18.0 Å². The average molecular weight is 378 g/mol. The van der Waals surface area contributed by atoms with Gasteiger partial charge in [0.25, 0.3) is 5.91 Å². The molecule has 1 fully saturated rings. The minimum absolute atomic E-state index is 0.207. The first-order chi connectivity index (χ1) is 11.1. The largest absolute Gasteiger partial charge is 0.357 e. The van der Waals surface area contributed by atoms with Crippen LogP contribution in [0, 0.1) is 6.92 Å². The number of anilines is 1. The van der Waals surface area contributed by atoms with Gasteiger partial charge in [-0.3, -0.25) is 9.89 Å². The summed E-state index contributed by atoms with van der Waals surface area (Å²) in [5.74, 6) is 0.812. The summed E-state index contributed by atoms with van der Waals surface area (Å²) in [6.07, 6.45) is 5.60. The van der Waals surface area contributed by atoms with Gasteiger partial charge in [-0.2, -0.15) is 5.10 Å². The number of carbonyl (C=O) groups is 1. The molecule has 122 valence electrons. The summed E-state index contributed by atoms with van der Waals surface area (Å²) in [5.41, 5.74) is 2.19. The SMILES string of the molecule is Cc1[nH]nc(C(=O)NCc2ccc(N3CCCCC3)nc2)c1Br. The van der Waals surface area contributed by atoms with Crippen molar-refractivity contribution in [3.8, 4) is 0 Å². The first-order valence-corrected chi connectivity index (χ1v) is 8.63. The second-order valence-electron chi connectivity index (χ2n) is 5.77. The van der Waals surface area contributed by atoms with E-state index < -0.39 is 0 Å². The molecule has 0 spiro atoms. The number of rotatable bonds is 4. The Morgan fingerprint density at radius 2 is 2.13 bits per heavy atom. The van der Waals surface area contributed by atoms with Crippen molar-refractivity contribution in [3.05, 3.63) is 39.8 Å². The van der Waals surface area contributed by atoms with Gasteiger partial charge in [0.15, 0.2) is 5.69 Å². The molecule has 0 radical (unpaired) electrons. The molecule has 1 amide bonds. The zero-order valence-corrected chi connectivity index (χ0v) is 14.7. The molecule has 2 aromatic heterocycles. The van der Waals surface area contributed by atoms with E-state index in [1.54, 1.807) is 0 Å². The van der Waals surface area contributed by atoms with Crippen LogP contribution in [0.4, 0.5) is 5.82 Å². The van der Waals surface area contributed by atoms with Crippen LogP contribution in [-0.2, 0) is 6.54 Å². The molecule has 1 aliphatic heterocycles. The normalized spacial score (nSPS) is 14.8. The Labute approximate surface area is 143 Å². The van der Waals surface area contributed by atoms with Gasteiger partial charge < -0.3 is 10.2 Å². The zero-order valence-electron chi connectivity index (χ0n) is 13.1. The fourth-order valence-electron chi connectivity index (χ4n) is 2.66. The van der Waals surface area contributed by atoms with Crippen molar-refractivity contribution >= 4 is 27.7 Å². The summed E-state index contributed by atoms with van der Waals surface area (Å²) in [4.78, 5) is 18.9. The monoisotopic (exact) mass is 377 g/mol. The van der Waals surface area contributed by atoms with Gasteiger partial charge in [-0.1, -0.05) is 6.07 Å². The van der Waals surface area contributed by atoms with Gasteiger partial charge in [-0.05, 0) is 53.7 Å². The van der Waals surface area contributed by atoms with Crippen LogP contribution in [0.5, 0.6) is 0 Å². The van der Waals surface area contributed by atoms with E-state index in [4.69, 9.17) is 0 Å². The number of carbonyl (C=O) groups excluding carboxylic acids is 1. The highest BCUT2D eigenvalue weighted by Gasteiger charge is 2.15. The summed E-state index contributed by atoms with van der Waals surface area (Å²) in [7, 11) is 0. The number of amides is 1. The van der Waals surface area contributed by atoms with Gasteiger partial charge in [0.05, 0.1) is 4.47 Å². The van der Waals surface area contributed by atoms with E-state index in [2.05, 4.69) is 41.3 Å². The number of hydrogen-bond donors (Lipinski definition) is 2. The Morgan fingerprint density at radius 3 is 2.74 bits per heavy atom. The molecule has 0 aliphatic carbocycles. The van der Waals surface area contributed by atoms with Crippen LogP contribution in [0.25, 0.3) is 0 Å². The number of aromatic nitrogens is 3. The molecule has 2 N–H and O–H groups in total. The quantitative estimate of drug-likeness (QED) is 0.858. The molecule has 3 heterocycles. The lowest BCUT2D eigenvalue weighted by molar-refractivity contribution is 0.0945. The molecule has 0 saturated carbocycles. The van der Waals surface area contributed by atoms with Gasteiger partial charge in [-0.15, -0.1) is 0 Å². The van der Waals surface area contributed by atoms with Crippen LogP contribution >= 0.6 is 15.9 Å². The Hall–Kier alpha value is -1.89. The number of H-pyrrole nitrogens is 1. The van der Waals surface area contributed by atoms with Crippen LogP contribution < -0.4 is 10.2 Å². The number of nitrogens with one attached hydrogen (secondary N) is 2. The maximum atomic E-state index is 12.1. The number of piperidine rings is 1. The number of aromatic amines is 1. The van der Waals surface area contributed by atoms with E-state index in [1.165, 1.54) is 19.3 Å². The van der Waals surface area contributed by atoms with Crippen LogP contribution in [0.3, 0.4) is 0 Å². The smallest absolute Gasteiger partial charge is 0.273 e. The first-order valence-electron chi connectivity index (χ1n) is 7.83. The Bertz CT molecular complexity index is 676. The van der Waals surface area contributed by atoms with Crippen molar-refractivity contribution in [3.63, 3.8) is 0 Å². The molecule has 23 heavy (non-hydrogen) atoms. The average Bonchev–Trinajstić information content (AvgIpc) is 2.93. The second-order valence-corrected chi connectivity index (χ2v) is 6.56. The maximum absolute atomic E-state index is 12.1. The number of pyridine rings is 1. The summed E-state index contributed by atoms with van der Waals surface area (Å²) in [6.45, 7) is 4.45. The number of halogens is 1. The van der Waals surface area contributed by atoms with Crippen LogP contribution in [-0.4, -0.2) is 34.2 Å². The van der Waals surface area contributed by atoms with E-state index in [0.717, 1.165) is 30.2 Å². The van der Waals surface area contributed by atoms with E-state index in [0.29, 0.717) is 16.7 Å². The number of aryl methyl sites for hydroxylation is 1. The number of nitrogens with zero attached hydrogens (tertiary/aromatic N) is 3. The maximum Gasteiger partial charge on any atom is 0.273 e. The third-order valence-electron chi connectivity index (χ3n) is 4.03. The van der Waals surface area contributed by atoms with Gasteiger partial charge in [0.1, 0.15) is 5.82 Å². The van der Waals surface area contributed by atoms with Gasteiger partial charge in [0, 0.05) is 31.5 Å². The molecular weight excluding hydrogens is 358 g/mol. The molecule has 1 saturated heterocycles. The van der Waals surface area contributed by atoms with E-state index in [1.807, 2.05) is 25.3 Å². The van der Waals surface area contributed by atoms with E-state index in [-0.39, 0.29) is 5.91 Å². The fourth-order valence-corrected chi connectivity index (χ4v) is 3.02. The topological polar surface area (TPSA) is 73.9 Å². The van der Waals surface area contributed by atoms with E-state index in [9.17, 15) is 4.79 Å². The molecule has 6 nitrogen and oxygen atoms in total. The predicted molar refractivity (Wildman–Crippen MR) is 92.5 cm³/mol. The highest BCUT2D eigenvalue weighted by Crippen LogP contribution is 2.19. The van der Waals surface area contributed by atoms with Crippen molar-refractivity contribution < 1.29 is 4.79 Å². The lowest BCUT2D eigenvalue weighted by atomic mass is 10.1. The molecule has 0 bridgehead atoms. The molecule has 1 aliphatic rings. The van der Waals surface area contributed by atoms with Crippen molar-refractivity contribution in [2.45, 2.75) is 32.7 Å². The number of hydrogen-bond acceptors (Lipinski definition) is 4. The molecule has 3 rings (SSSR count). The predicted octanol–water partition coefficient (Wildman–Crippen LogP) is 2.80. The highest BCUT2D eigenvalue weighted by atomic mass is 79.9. The van der Waals surface area contributed by atoms with Crippen LogP contribution in [0.15, 0.2) is 22.8 Å². The van der Waals surface area contributed by atoms with Crippen LogP contribution in [0.1, 0.15) is 41.0 Å². The molecule has 0 aromatic carbocycles. The Balaban J connectivity index is 1.58. The lowest BCUT2D eigenvalue weighted by Gasteiger charge is -2.27. The summed E-state index contributed by atoms with van der Waals surface area (Å²) < 4.78 is 0.702. The fraction of sp³-hybridized carbons (Fsp3) is 0.438. The summed E-state index contributed by atoms with van der Waals surface area (Å²) in [6, 6.07) is 4.05. The van der Waals surface area contributed by atoms with Crippen LogP contribution in [0.2, 0.25) is 0 Å². The Morgan fingerprint density at radius 1 is 1.35 bits per heavy atom. The minimum Gasteiger partial charge on any atom is -0.357 e. The third kappa shape index (κ3) is 3.72. The van der Waals surface area contributed by atoms with Gasteiger partial charge in [0.2, 0.25) is 0 Å². The summed E-state index contributed by atoms with van der Waals surface area (Å²) >= 11 is 3.36. The highest BCUT2D eigenvalue weighted by molar-refractivity contribution is 9.10. The summed E-state index contributed by atoms with van der Waals surface area (Å²) in [5, 5.41) is 9.64. The van der Waals surface area contributed by atoms with Crippen molar-refractivity contribution in [2.24, 2.45) is 0 Å². The molecular formula is C16H20BrN5O. The Kier molecular flexibility index (Phi) is 4.95. The van der Waals surface area contributed by atoms with Crippen molar-refractivity contribution in [1.82, 2.24) is 20.5 Å². The second kappa shape index (κ2) is 7.12. The molecule has 0 atom stereocenters. The standard InChI is InChI=1S/C16H20BrN5O/c1-11-14(17)15(21-20-11)16(23)19-10-12-5-6-13(18-9-12)22-7-3-2-4-8-22/h5-6,9H,2-4,7-8,10H2,1H3,(H,19,23)(H,20,21). The lowest BCUT2D eigenvalue weighted by Crippen LogP contribution is -2.30. The third-order valence-corrected chi connectivity index (χ3v) is 5.00. The zero-order chi connectivity index (χ0) is 16.2. The van der Waals surface area contributed by atoms with Crippen molar-refractivity contribution in [1.29, 1.82) is 0 Å². The molecule has 0 unspecified atom stereocenters. The van der Waals surface area contributed by atoms with Gasteiger partial charge in [-0.25, -0.2) is 4.98 Å². The molecule has 2 aromatic rings. The van der Waals surface area contributed by atoms with Gasteiger partial charge >= 0.3 is 0 Å².